The van der Waals surface area contributed by atoms with Gasteiger partial charge in [-0.3, -0.25) is 25.4 Å². The van der Waals surface area contributed by atoms with Crippen LogP contribution in [0.3, 0.4) is 0 Å². The molecule has 0 bridgehead atoms. The lowest BCUT2D eigenvalue weighted by Crippen LogP contribution is -2.41. The number of hydrazine groups is 1. The smallest absolute Gasteiger partial charge is 0.271 e. The molecule has 4 aromatic rings. The van der Waals surface area contributed by atoms with E-state index in [1.807, 2.05) is 60.1 Å². The van der Waals surface area contributed by atoms with E-state index in [-0.39, 0.29) is 5.91 Å². The molecule has 128 valence electrons. The Balaban J connectivity index is 1.56. The van der Waals surface area contributed by atoms with E-state index in [4.69, 9.17) is 0 Å². The van der Waals surface area contributed by atoms with Gasteiger partial charge in [-0.25, -0.2) is 0 Å². The zero-order chi connectivity index (χ0) is 18.1. The molecular formula is C20H16N4O2. The van der Waals surface area contributed by atoms with E-state index in [0.29, 0.717) is 11.1 Å². The Hall–Kier alpha value is -3.67. The number of hydrogen-bond acceptors (Lipinski definition) is 3. The van der Waals surface area contributed by atoms with Crippen molar-refractivity contribution in [1.82, 2.24) is 20.4 Å². The number of carbonyl (C=O) groups excluding carboxylic acids is 2. The average molecular weight is 344 g/mol. The molecule has 26 heavy (non-hydrogen) atoms. The van der Waals surface area contributed by atoms with E-state index in [1.165, 1.54) is 0 Å². The van der Waals surface area contributed by atoms with Gasteiger partial charge in [0.2, 0.25) is 0 Å². The fraction of sp³-hybridized carbons (Fsp3) is 0.0500. The minimum atomic E-state index is -0.391. The topological polar surface area (TPSA) is 76.0 Å². The Morgan fingerprint density at radius 2 is 1.50 bits per heavy atom. The highest BCUT2D eigenvalue weighted by Crippen LogP contribution is 2.20. The van der Waals surface area contributed by atoms with Gasteiger partial charge in [-0.1, -0.05) is 36.4 Å². The minimum absolute atomic E-state index is 0.367. The average Bonchev–Trinajstić information content (AvgIpc) is 3.02. The van der Waals surface area contributed by atoms with Crippen LogP contribution in [0.5, 0.6) is 0 Å². The largest absolute Gasteiger partial charge is 0.350 e. The Kier molecular flexibility index (Phi) is 3.85. The standard InChI is InChI=1S/C20H16N4O2/c1-24-12-16(14-7-3-5-9-18(14)24)20(26)23-22-19(25)15-10-11-21-17-8-4-2-6-13(15)17/h2-12H,1H3,(H,22,25)(H,23,26). The zero-order valence-corrected chi connectivity index (χ0v) is 14.1. The number of nitrogens with one attached hydrogen (secondary N) is 2. The van der Waals surface area contributed by atoms with Crippen LogP contribution in [0.1, 0.15) is 20.7 Å². The van der Waals surface area contributed by atoms with Crippen molar-refractivity contribution < 1.29 is 9.59 Å². The summed E-state index contributed by atoms with van der Waals surface area (Å²) in [6.07, 6.45) is 3.32. The first-order chi connectivity index (χ1) is 12.6. The number of rotatable bonds is 2. The summed E-state index contributed by atoms with van der Waals surface area (Å²) in [6, 6.07) is 16.6. The lowest BCUT2D eigenvalue weighted by atomic mass is 10.1. The van der Waals surface area contributed by atoms with Crippen LogP contribution in [0, 0.1) is 0 Å². The highest BCUT2D eigenvalue weighted by Gasteiger charge is 2.15. The summed E-state index contributed by atoms with van der Waals surface area (Å²) >= 11 is 0. The number of pyridine rings is 1. The van der Waals surface area contributed by atoms with Crippen LogP contribution in [0.25, 0.3) is 21.8 Å². The van der Waals surface area contributed by atoms with Gasteiger partial charge in [-0.2, -0.15) is 0 Å². The second-order valence-corrected chi connectivity index (χ2v) is 5.95. The fourth-order valence-corrected chi connectivity index (χ4v) is 3.06. The molecule has 6 nitrogen and oxygen atoms in total. The number of hydrogen-bond donors (Lipinski definition) is 2. The molecule has 0 unspecified atom stereocenters. The van der Waals surface area contributed by atoms with Crippen molar-refractivity contribution in [3.63, 3.8) is 0 Å². The van der Waals surface area contributed by atoms with E-state index in [2.05, 4.69) is 15.8 Å². The van der Waals surface area contributed by atoms with Gasteiger partial charge in [0.1, 0.15) is 0 Å². The van der Waals surface area contributed by atoms with Crippen molar-refractivity contribution >= 4 is 33.6 Å². The number of amides is 2. The van der Waals surface area contributed by atoms with Gasteiger partial charge < -0.3 is 4.57 Å². The van der Waals surface area contributed by atoms with Crippen molar-refractivity contribution in [2.45, 2.75) is 0 Å². The van der Waals surface area contributed by atoms with E-state index < -0.39 is 5.91 Å². The first kappa shape index (κ1) is 15.8. The number of carbonyl (C=O) groups is 2. The highest BCUT2D eigenvalue weighted by molar-refractivity contribution is 6.09. The van der Waals surface area contributed by atoms with Gasteiger partial charge in [0, 0.05) is 35.7 Å². The minimum Gasteiger partial charge on any atom is -0.350 e. The SMILES string of the molecule is Cn1cc(C(=O)NNC(=O)c2ccnc3ccccc23)c2ccccc21. The molecule has 0 aliphatic rings. The number of para-hydroxylation sites is 2. The summed E-state index contributed by atoms with van der Waals surface area (Å²) < 4.78 is 1.88. The normalized spacial score (nSPS) is 10.8. The maximum Gasteiger partial charge on any atom is 0.271 e. The van der Waals surface area contributed by atoms with E-state index >= 15 is 0 Å². The van der Waals surface area contributed by atoms with Gasteiger partial charge in [0.25, 0.3) is 11.8 Å². The zero-order valence-electron chi connectivity index (χ0n) is 14.1. The van der Waals surface area contributed by atoms with Gasteiger partial charge in [0.05, 0.1) is 16.6 Å². The maximum atomic E-state index is 12.5. The molecule has 2 heterocycles. The van der Waals surface area contributed by atoms with Crippen LogP contribution in [0.4, 0.5) is 0 Å². The van der Waals surface area contributed by atoms with Crippen molar-refractivity contribution in [3.05, 3.63) is 78.1 Å². The Morgan fingerprint density at radius 3 is 2.31 bits per heavy atom. The molecule has 0 fully saturated rings. The second kappa shape index (κ2) is 6.33. The summed E-state index contributed by atoms with van der Waals surface area (Å²) in [4.78, 5) is 29.3. The highest BCUT2D eigenvalue weighted by atomic mass is 16.2. The molecule has 2 N–H and O–H groups in total. The van der Waals surface area contributed by atoms with Gasteiger partial charge in [0.15, 0.2) is 0 Å². The van der Waals surface area contributed by atoms with Crippen LogP contribution < -0.4 is 10.9 Å². The van der Waals surface area contributed by atoms with Crippen LogP contribution in [-0.2, 0) is 7.05 Å². The molecule has 0 spiro atoms. The molecular weight excluding hydrogens is 328 g/mol. The molecule has 0 saturated carbocycles. The van der Waals surface area contributed by atoms with Crippen LogP contribution in [0.2, 0.25) is 0 Å². The van der Waals surface area contributed by atoms with E-state index in [0.717, 1.165) is 21.8 Å². The summed E-state index contributed by atoms with van der Waals surface area (Å²) in [6.45, 7) is 0. The Labute approximate surface area is 149 Å². The molecule has 0 aliphatic heterocycles. The van der Waals surface area contributed by atoms with Gasteiger partial charge in [-0.05, 0) is 18.2 Å². The third-order valence-corrected chi connectivity index (χ3v) is 4.32. The molecule has 2 aromatic heterocycles. The molecule has 0 atom stereocenters. The van der Waals surface area contributed by atoms with Crippen LogP contribution in [0.15, 0.2) is 67.0 Å². The Bertz CT molecular complexity index is 1140. The van der Waals surface area contributed by atoms with Crippen LogP contribution >= 0.6 is 0 Å². The number of aromatic nitrogens is 2. The summed E-state index contributed by atoms with van der Waals surface area (Å²) in [5, 5.41) is 1.56. The van der Waals surface area contributed by atoms with Crippen LogP contribution in [-0.4, -0.2) is 21.4 Å². The third kappa shape index (κ3) is 2.67. The molecule has 0 radical (unpaired) electrons. The van der Waals surface area contributed by atoms with Gasteiger partial charge in [-0.15, -0.1) is 0 Å². The van der Waals surface area contributed by atoms with Crippen molar-refractivity contribution in [2.24, 2.45) is 7.05 Å². The first-order valence-electron chi connectivity index (χ1n) is 8.13. The predicted octanol–water partition coefficient (Wildman–Crippen LogP) is 2.80. The third-order valence-electron chi connectivity index (χ3n) is 4.32. The lowest BCUT2D eigenvalue weighted by Gasteiger charge is -2.08. The van der Waals surface area contributed by atoms with E-state index in [9.17, 15) is 9.59 Å². The molecule has 2 amide bonds. The molecule has 6 heteroatoms. The monoisotopic (exact) mass is 344 g/mol. The Morgan fingerprint density at radius 1 is 0.846 bits per heavy atom. The maximum absolute atomic E-state index is 12.5. The van der Waals surface area contributed by atoms with Crippen molar-refractivity contribution in [3.8, 4) is 0 Å². The number of aryl methyl sites for hydroxylation is 1. The molecule has 4 rings (SSSR count). The molecule has 0 saturated heterocycles. The molecule has 0 aliphatic carbocycles. The van der Waals surface area contributed by atoms with E-state index in [1.54, 1.807) is 18.5 Å². The predicted molar refractivity (Wildman–Crippen MR) is 99.6 cm³/mol. The summed E-state index contributed by atoms with van der Waals surface area (Å²) in [5.41, 5.74) is 7.61. The number of fused-ring (bicyclic) bond motifs is 2. The number of nitrogens with zero attached hydrogens (tertiary/aromatic N) is 2. The van der Waals surface area contributed by atoms with Crippen molar-refractivity contribution in [1.29, 1.82) is 0 Å². The molecule has 2 aromatic carbocycles. The first-order valence-corrected chi connectivity index (χ1v) is 8.13. The van der Waals surface area contributed by atoms with Gasteiger partial charge >= 0.3 is 0 Å². The summed E-state index contributed by atoms with van der Waals surface area (Å²) in [5.74, 6) is -0.759. The number of benzene rings is 2. The van der Waals surface area contributed by atoms with Crippen molar-refractivity contribution in [2.75, 3.05) is 0 Å². The fourth-order valence-electron chi connectivity index (χ4n) is 3.06. The summed E-state index contributed by atoms with van der Waals surface area (Å²) in [7, 11) is 1.88. The second-order valence-electron chi connectivity index (χ2n) is 5.95. The quantitative estimate of drug-likeness (QED) is 0.549. The lowest BCUT2D eigenvalue weighted by molar-refractivity contribution is 0.0848.